The van der Waals surface area contributed by atoms with Crippen molar-refractivity contribution < 1.29 is 24.5 Å². The number of ether oxygens (including phenoxy) is 1. The minimum absolute atomic E-state index is 0.0475. The molecule has 0 rings (SSSR count). The second-order valence-corrected chi connectivity index (χ2v) is 19.6. The summed E-state index contributed by atoms with van der Waals surface area (Å²) in [6.45, 7) is 4.76. The molecule has 1 amide bonds. The molecule has 2 atom stereocenters. The van der Waals surface area contributed by atoms with Crippen LogP contribution >= 0.6 is 0 Å². The Kier molecular flexibility index (Phi) is 53.6. The van der Waals surface area contributed by atoms with E-state index in [1.807, 2.05) is 6.08 Å². The Hall–Kier alpha value is -2.18. The van der Waals surface area contributed by atoms with E-state index < -0.39 is 12.1 Å². The van der Waals surface area contributed by atoms with Crippen LogP contribution in [0.25, 0.3) is 0 Å². The summed E-state index contributed by atoms with van der Waals surface area (Å²) >= 11 is 0. The molecule has 0 radical (unpaired) electrons. The molecule has 6 heteroatoms. The Morgan fingerprint density at radius 1 is 0.424 bits per heavy atom. The number of nitrogens with one attached hydrogen (secondary N) is 1. The number of carbonyl (C=O) groups excluding carboxylic acids is 2. The van der Waals surface area contributed by atoms with Gasteiger partial charge in [-0.3, -0.25) is 9.59 Å². The highest BCUT2D eigenvalue weighted by molar-refractivity contribution is 5.76. The van der Waals surface area contributed by atoms with Crippen LogP contribution in [0.2, 0.25) is 0 Å². The molecule has 0 aromatic rings. The monoisotopic (exact) mass is 926 g/mol. The summed E-state index contributed by atoms with van der Waals surface area (Å²) in [5, 5.41) is 23.1. The van der Waals surface area contributed by atoms with E-state index in [2.05, 4.69) is 55.6 Å². The summed E-state index contributed by atoms with van der Waals surface area (Å²) < 4.78 is 5.39. The van der Waals surface area contributed by atoms with E-state index in [9.17, 15) is 19.8 Å². The van der Waals surface area contributed by atoms with Crippen molar-refractivity contribution in [2.24, 2.45) is 0 Å². The molecule has 0 saturated heterocycles. The van der Waals surface area contributed by atoms with Gasteiger partial charge in [-0.2, -0.15) is 0 Å². The van der Waals surface area contributed by atoms with E-state index >= 15 is 0 Å². The molecule has 0 aliphatic carbocycles. The summed E-state index contributed by atoms with van der Waals surface area (Å²) in [5.74, 6) is -0.120. The third kappa shape index (κ3) is 51.2. The molecule has 0 aromatic heterocycles. The second-order valence-electron chi connectivity index (χ2n) is 19.6. The quantitative estimate of drug-likeness (QED) is 0.0321. The van der Waals surface area contributed by atoms with Gasteiger partial charge in [-0.1, -0.05) is 262 Å². The summed E-state index contributed by atoms with van der Waals surface area (Å²) in [7, 11) is 0. The van der Waals surface area contributed by atoms with Crippen molar-refractivity contribution in [1.29, 1.82) is 0 Å². The van der Waals surface area contributed by atoms with Crippen LogP contribution in [0.3, 0.4) is 0 Å². The van der Waals surface area contributed by atoms with Gasteiger partial charge in [0.25, 0.3) is 0 Å². The van der Waals surface area contributed by atoms with Crippen molar-refractivity contribution in [1.82, 2.24) is 5.32 Å². The highest BCUT2D eigenvalue weighted by Crippen LogP contribution is 2.16. The van der Waals surface area contributed by atoms with Crippen LogP contribution in [0.1, 0.15) is 296 Å². The average Bonchev–Trinajstić information content (AvgIpc) is 3.32. The highest BCUT2D eigenvalue weighted by Gasteiger charge is 2.18. The van der Waals surface area contributed by atoms with Gasteiger partial charge in [0.2, 0.25) is 5.91 Å². The van der Waals surface area contributed by atoms with Gasteiger partial charge in [0, 0.05) is 12.8 Å². The maximum atomic E-state index is 12.5. The molecule has 0 bridgehead atoms. The molecule has 0 aromatic carbocycles. The number of aliphatic hydroxyl groups is 2. The van der Waals surface area contributed by atoms with Gasteiger partial charge in [-0.25, -0.2) is 0 Å². The first-order valence-electron chi connectivity index (χ1n) is 28.9. The zero-order valence-corrected chi connectivity index (χ0v) is 43.9. The summed E-state index contributed by atoms with van der Waals surface area (Å²) in [6.07, 6.45) is 70.1. The lowest BCUT2D eigenvalue weighted by atomic mass is 10.0. The van der Waals surface area contributed by atoms with Gasteiger partial charge in [0.1, 0.15) is 0 Å². The molecular formula is C60H111NO5. The van der Waals surface area contributed by atoms with Gasteiger partial charge in [-0.05, 0) is 70.6 Å². The van der Waals surface area contributed by atoms with Crippen LogP contribution in [-0.4, -0.2) is 47.4 Å². The molecule has 66 heavy (non-hydrogen) atoms. The first-order valence-corrected chi connectivity index (χ1v) is 28.9. The van der Waals surface area contributed by atoms with Gasteiger partial charge < -0.3 is 20.3 Å². The second kappa shape index (κ2) is 55.4. The molecule has 3 N–H and O–H groups in total. The molecule has 0 spiro atoms. The van der Waals surface area contributed by atoms with E-state index in [-0.39, 0.29) is 18.5 Å². The zero-order chi connectivity index (χ0) is 47.9. The molecule has 0 aliphatic heterocycles. The zero-order valence-electron chi connectivity index (χ0n) is 43.9. The van der Waals surface area contributed by atoms with Crippen LogP contribution in [0.15, 0.2) is 48.6 Å². The summed E-state index contributed by atoms with van der Waals surface area (Å²) in [5.41, 5.74) is 0. The van der Waals surface area contributed by atoms with Crippen molar-refractivity contribution in [3.8, 4) is 0 Å². The fraction of sp³-hybridized carbons (Fsp3) is 0.833. The van der Waals surface area contributed by atoms with Crippen molar-refractivity contribution in [3.63, 3.8) is 0 Å². The van der Waals surface area contributed by atoms with Gasteiger partial charge in [-0.15, -0.1) is 0 Å². The van der Waals surface area contributed by atoms with Crippen molar-refractivity contribution in [2.45, 2.75) is 309 Å². The lowest BCUT2D eigenvalue weighted by molar-refractivity contribution is -0.143. The third-order valence-electron chi connectivity index (χ3n) is 13.1. The fourth-order valence-corrected chi connectivity index (χ4v) is 8.63. The van der Waals surface area contributed by atoms with Crippen LogP contribution in [-0.2, 0) is 14.3 Å². The van der Waals surface area contributed by atoms with Gasteiger partial charge in [0.05, 0.1) is 25.4 Å². The van der Waals surface area contributed by atoms with Gasteiger partial charge >= 0.3 is 5.97 Å². The molecule has 2 unspecified atom stereocenters. The Balaban J connectivity index is 3.50. The van der Waals surface area contributed by atoms with Crippen LogP contribution < -0.4 is 5.32 Å². The van der Waals surface area contributed by atoms with Crippen molar-refractivity contribution in [2.75, 3.05) is 13.2 Å². The number of carbonyl (C=O) groups is 2. The predicted molar refractivity (Wildman–Crippen MR) is 287 cm³/mol. The maximum absolute atomic E-state index is 12.5. The number of hydrogen-bond acceptors (Lipinski definition) is 5. The molecule has 0 heterocycles. The number of amides is 1. The van der Waals surface area contributed by atoms with E-state index in [0.29, 0.717) is 19.4 Å². The molecule has 6 nitrogen and oxygen atoms in total. The number of unbranched alkanes of at least 4 members (excludes halogenated alkanes) is 36. The maximum Gasteiger partial charge on any atom is 0.305 e. The largest absolute Gasteiger partial charge is 0.465 e. The Morgan fingerprint density at radius 3 is 1.21 bits per heavy atom. The SMILES string of the molecule is CCCC/C=C\CCCCCCCC(=O)OCC/C=C\C/C=C\CCCCCCCCCCCCCCCCC(=O)NC(CO)C(O)/C=C/CCCCCCCCCCCCCCCCC. The standard InChI is InChI=1S/C60H111NO5/c1-3-5-7-9-11-13-15-16-17-23-26-29-33-36-40-44-48-52-58(63)57(56-62)61-59(64)53-49-45-41-37-34-30-27-24-21-19-18-20-22-25-28-31-35-39-43-47-51-55-66-60(65)54-50-46-42-38-32-14-12-10-8-6-4-2/h10,12,31,35,43,47-48,52,57-58,62-63H,3-9,11,13-30,32-34,36-42,44-46,49-51,53-56H2,1-2H3,(H,61,64)/b12-10-,35-31-,47-43-,52-48+. The van der Waals surface area contributed by atoms with Crippen LogP contribution in [0.5, 0.6) is 0 Å². The van der Waals surface area contributed by atoms with Gasteiger partial charge in [0.15, 0.2) is 0 Å². The normalized spacial score (nSPS) is 13.0. The van der Waals surface area contributed by atoms with Crippen LogP contribution in [0.4, 0.5) is 0 Å². The average molecular weight is 927 g/mol. The number of aliphatic hydroxyl groups excluding tert-OH is 2. The highest BCUT2D eigenvalue weighted by atomic mass is 16.5. The molecular weight excluding hydrogens is 815 g/mol. The first-order chi connectivity index (χ1) is 32.5. The summed E-state index contributed by atoms with van der Waals surface area (Å²) in [4.78, 5) is 24.4. The molecule has 0 aliphatic rings. The van der Waals surface area contributed by atoms with Crippen molar-refractivity contribution in [3.05, 3.63) is 48.6 Å². The fourth-order valence-electron chi connectivity index (χ4n) is 8.63. The Labute approximate surface area is 410 Å². The molecule has 0 fully saturated rings. The minimum Gasteiger partial charge on any atom is -0.465 e. The topological polar surface area (TPSA) is 95.9 Å². The van der Waals surface area contributed by atoms with E-state index in [0.717, 1.165) is 51.4 Å². The third-order valence-corrected chi connectivity index (χ3v) is 13.1. The predicted octanol–water partition coefficient (Wildman–Crippen LogP) is 17.8. The lowest BCUT2D eigenvalue weighted by Gasteiger charge is -2.20. The Morgan fingerprint density at radius 2 is 0.773 bits per heavy atom. The number of esters is 1. The Bertz CT molecular complexity index is 1110. The number of hydrogen-bond donors (Lipinski definition) is 3. The lowest BCUT2D eigenvalue weighted by Crippen LogP contribution is -2.45. The number of rotatable bonds is 53. The molecule has 386 valence electrons. The molecule has 0 saturated carbocycles. The smallest absolute Gasteiger partial charge is 0.305 e. The van der Waals surface area contributed by atoms with E-state index in [4.69, 9.17) is 4.74 Å². The van der Waals surface area contributed by atoms with Crippen molar-refractivity contribution >= 4 is 11.9 Å². The van der Waals surface area contributed by atoms with E-state index in [1.165, 1.54) is 218 Å². The number of allylic oxidation sites excluding steroid dienone is 6. The minimum atomic E-state index is -0.849. The van der Waals surface area contributed by atoms with E-state index in [1.54, 1.807) is 6.08 Å². The van der Waals surface area contributed by atoms with Crippen LogP contribution in [0, 0.1) is 0 Å². The summed E-state index contributed by atoms with van der Waals surface area (Å²) in [6, 6.07) is -0.632. The first kappa shape index (κ1) is 63.8.